The van der Waals surface area contributed by atoms with Gasteiger partial charge in [-0.05, 0) is 65.0 Å². The maximum Gasteiger partial charge on any atom is 0.416 e. The van der Waals surface area contributed by atoms with Crippen molar-refractivity contribution in [2.24, 2.45) is 12.8 Å². The number of nitrogens with zero attached hydrogens (tertiary/aromatic N) is 6. The minimum atomic E-state index is -4.73. The van der Waals surface area contributed by atoms with Gasteiger partial charge in [0.1, 0.15) is 0 Å². The van der Waals surface area contributed by atoms with Crippen LogP contribution in [0.25, 0.3) is 22.3 Å². The van der Waals surface area contributed by atoms with Crippen LogP contribution >= 0.6 is 0 Å². The summed E-state index contributed by atoms with van der Waals surface area (Å²) in [6.45, 7) is 0. The Bertz CT molecular complexity index is 1770. The van der Waals surface area contributed by atoms with E-state index < -0.39 is 29.2 Å². The number of tetrazole rings is 1. The molecule has 2 amide bonds. The van der Waals surface area contributed by atoms with Crippen LogP contribution in [0, 0.1) is 0 Å². The lowest BCUT2D eigenvalue weighted by atomic mass is 10.0. The predicted molar refractivity (Wildman–Crippen MR) is 129 cm³/mol. The molecule has 0 radical (unpaired) electrons. The summed E-state index contributed by atoms with van der Waals surface area (Å²) >= 11 is 0. The van der Waals surface area contributed by atoms with Gasteiger partial charge in [0, 0.05) is 29.9 Å². The summed E-state index contributed by atoms with van der Waals surface area (Å²) in [5.41, 5.74) is 4.59. The first-order valence-electron chi connectivity index (χ1n) is 10.9. The molecule has 0 spiro atoms. The number of nitrogens with one attached hydrogen (secondary N) is 1. The number of anilines is 1. The Balaban J connectivity index is 1.55. The molecular formula is C24H17F3N8O3. The number of hydrogen-bond donors (Lipinski definition) is 2. The monoisotopic (exact) mass is 522 g/mol. The van der Waals surface area contributed by atoms with Crippen LogP contribution in [0.2, 0.25) is 0 Å². The Labute approximate surface area is 210 Å². The van der Waals surface area contributed by atoms with Crippen LogP contribution in [-0.2, 0) is 13.2 Å². The van der Waals surface area contributed by atoms with Crippen molar-refractivity contribution in [3.8, 4) is 11.4 Å². The van der Waals surface area contributed by atoms with Gasteiger partial charge in [0.05, 0.1) is 28.0 Å². The van der Waals surface area contributed by atoms with Crippen molar-refractivity contribution in [3.05, 3.63) is 94.0 Å². The van der Waals surface area contributed by atoms with Crippen molar-refractivity contribution in [1.29, 1.82) is 0 Å². The van der Waals surface area contributed by atoms with Crippen molar-refractivity contribution in [2.75, 3.05) is 5.32 Å². The fourth-order valence-electron chi connectivity index (χ4n) is 3.78. The molecule has 2 aromatic heterocycles. The Morgan fingerprint density at radius 3 is 2.32 bits per heavy atom. The summed E-state index contributed by atoms with van der Waals surface area (Å²) < 4.78 is 44.4. The number of hydrogen-bond acceptors (Lipinski definition) is 6. The molecule has 0 atom stereocenters. The lowest BCUT2D eigenvalue weighted by molar-refractivity contribution is -0.137. The fourth-order valence-corrected chi connectivity index (χ4v) is 3.78. The molecule has 0 unspecified atom stereocenters. The smallest absolute Gasteiger partial charge is 0.366 e. The molecule has 0 aliphatic carbocycles. The molecule has 3 N–H and O–H groups in total. The number of nitrogens with two attached hydrogens (primary N) is 1. The topological polar surface area (TPSA) is 143 Å². The van der Waals surface area contributed by atoms with E-state index in [0.29, 0.717) is 11.4 Å². The van der Waals surface area contributed by atoms with Crippen molar-refractivity contribution >= 4 is 28.4 Å². The van der Waals surface area contributed by atoms with E-state index in [4.69, 9.17) is 5.73 Å². The molecular weight excluding hydrogens is 505 g/mol. The first kappa shape index (κ1) is 24.4. The zero-order chi connectivity index (χ0) is 27.2. The second-order valence-electron chi connectivity index (χ2n) is 8.24. The molecule has 0 bridgehead atoms. The Morgan fingerprint density at radius 2 is 1.68 bits per heavy atom. The van der Waals surface area contributed by atoms with Crippen molar-refractivity contribution in [1.82, 2.24) is 29.6 Å². The van der Waals surface area contributed by atoms with Crippen LogP contribution in [0.3, 0.4) is 0 Å². The van der Waals surface area contributed by atoms with E-state index in [2.05, 4.69) is 20.8 Å². The quantitative estimate of drug-likeness (QED) is 0.363. The SMILES string of the molecule is Cn1nnn(-c2ccc(-n3cc4c(C(=O)Nc5cccc(C(N)=O)c5)cc(C(F)(F)F)cc4n3)cc2)c1=O. The number of amides is 2. The molecule has 5 aromatic rings. The Hall–Kier alpha value is -5.27. The average Bonchev–Trinajstić information content (AvgIpc) is 3.46. The fraction of sp³-hybridized carbons (Fsp3) is 0.0833. The largest absolute Gasteiger partial charge is 0.416 e. The summed E-state index contributed by atoms with van der Waals surface area (Å²) in [4.78, 5) is 36.6. The second kappa shape index (κ2) is 8.99. The van der Waals surface area contributed by atoms with E-state index in [9.17, 15) is 27.6 Å². The van der Waals surface area contributed by atoms with E-state index in [1.54, 1.807) is 24.3 Å². The van der Waals surface area contributed by atoms with E-state index in [0.717, 1.165) is 21.5 Å². The van der Waals surface area contributed by atoms with E-state index in [1.165, 1.54) is 42.2 Å². The van der Waals surface area contributed by atoms with Crippen LogP contribution in [0.1, 0.15) is 26.3 Å². The molecule has 192 valence electrons. The maximum absolute atomic E-state index is 13.6. The number of rotatable bonds is 5. The van der Waals surface area contributed by atoms with Gasteiger partial charge in [0.2, 0.25) is 5.91 Å². The number of aryl methyl sites for hydroxylation is 1. The first-order chi connectivity index (χ1) is 18.0. The zero-order valence-corrected chi connectivity index (χ0v) is 19.5. The number of aromatic nitrogens is 6. The Morgan fingerprint density at radius 1 is 0.974 bits per heavy atom. The summed E-state index contributed by atoms with van der Waals surface area (Å²) in [6.07, 6.45) is -3.31. The molecule has 0 saturated carbocycles. The number of primary amides is 1. The molecule has 0 aliphatic heterocycles. The number of halogens is 3. The molecule has 0 saturated heterocycles. The van der Waals surface area contributed by atoms with E-state index >= 15 is 0 Å². The summed E-state index contributed by atoms with van der Waals surface area (Å²) in [6, 6.07) is 13.6. The number of fused-ring (bicyclic) bond motifs is 1. The highest BCUT2D eigenvalue weighted by Gasteiger charge is 2.33. The summed E-state index contributed by atoms with van der Waals surface area (Å²) in [5.74, 6) is -1.56. The van der Waals surface area contributed by atoms with Gasteiger partial charge < -0.3 is 11.1 Å². The molecule has 38 heavy (non-hydrogen) atoms. The molecule has 11 nitrogen and oxygen atoms in total. The molecule has 0 aliphatic rings. The highest BCUT2D eigenvalue weighted by molar-refractivity contribution is 6.13. The normalized spacial score (nSPS) is 11.6. The van der Waals surface area contributed by atoms with Gasteiger partial charge in [-0.3, -0.25) is 9.59 Å². The minimum Gasteiger partial charge on any atom is -0.366 e. The lowest BCUT2D eigenvalue weighted by Gasteiger charge is -2.11. The van der Waals surface area contributed by atoms with E-state index in [1.807, 2.05) is 0 Å². The third kappa shape index (κ3) is 4.50. The number of benzene rings is 3. The first-order valence-corrected chi connectivity index (χ1v) is 10.9. The number of carbonyl (C=O) groups excluding carboxylic acids is 2. The van der Waals surface area contributed by atoms with Gasteiger partial charge in [-0.25, -0.2) is 9.48 Å². The van der Waals surface area contributed by atoms with Gasteiger partial charge >= 0.3 is 11.9 Å². The highest BCUT2D eigenvalue weighted by Crippen LogP contribution is 2.34. The number of alkyl halides is 3. The number of carbonyl (C=O) groups is 2. The summed E-state index contributed by atoms with van der Waals surface area (Å²) in [7, 11) is 1.45. The highest BCUT2D eigenvalue weighted by atomic mass is 19.4. The van der Waals surface area contributed by atoms with E-state index in [-0.39, 0.29) is 27.7 Å². The molecule has 3 aromatic carbocycles. The maximum atomic E-state index is 13.6. The predicted octanol–water partition coefficient (Wildman–Crippen LogP) is 2.67. The van der Waals surface area contributed by atoms with Crippen molar-refractivity contribution in [3.63, 3.8) is 0 Å². The Kier molecular flexibility index (Phi) is 5.78. The average molecular weight is 522 g/mol. The van der Waals surface area contributed by atoms with Crippen molar-refractivity contribution in [2.45, 2.75) is 6.18 Å². The van der Waals surface area contributed by atoms with Crippen molar-refractivity contribution < 1.29 is 22.8 Å². The van der Waals surface area contributed by atoms with Gasteiger partial charge in [0.15, 0.2) is 0 Å². The molecule has 0 fully saturated rings. The van der Waals surface area contributed by atoms with Gasteiger partial charge in [-0.1, -0.05) is 6.07 Å². The van der Waals surface area contributed by atoms with Crippen LogP contribution in [0.5, 0.6) is 0 Å². The third-order valence-electron chi connectivity index (χ3n) is 5.68. The lowest BCUT2D eigenvalue weighted by Crippen LogP contribution is -2.21. The van der Waals surface area contributed by atoms with Gasteiger partial charge in [-0.15, -0.1) is 0 Å². The van der Waals surface area contributed by atoms with Crippen LogP contribution in [0.15, 0.2) is 71.7 Å². The summed E-state index contributed by atoms with van der Waals surface area (Å²) in [5, 5.41) is 14.3. The van der Waals surface area contributed by atoms with Gasteiger partial charge in [0.25, 0.3) is 5.91 Å². The molecule has 5 rings (SSSR count). The van der Waals surface area contributed by atoms with Crippen LogP contribution in [0.4, 0.5) is 18.9 Å². The van der Waals surface area contributed by atoms with Crippen LogP contribution in [-0.4, -0.2) is 41.4 Å². The molecule has 14 heteroatoms. The standard InChI is InChI=1S/C24H17F3N8O3/c1-33-23(38)35(32-31-33)17-7-5-16(6-8-17)34-12-19-18(10-14(24(25,26)27)11-20(19)30-34)22(37)29-15-4-2-3-13(9-15)21(28)36/h2-12H,1H3,(H2,28,36)(H,29,37). The van der Waals surface area contributed by atoms with Gasteiger partial charge in [-0.2, -0.15) is 27.6 Å². The third-order valence-corrected chi connectivity index (χ3v) is 5.68. The van der Waals surface area contributed by atoms with Crippen LogP contribution < -0.4 is 16.7 Å². The molecule has 2 heterocycles. The minimum absolute atomic E-state index is 0.0647. The second-order valence-corrected chi connectivity index (χ2v) is 8.24. The zero-order valence-electron chi connectivity index (χ0n) is 19.5.